The molecule has 138 valence electrons. The Labute approximate surface area is 158 Å². The van der Waals surface area contributed by atoms with E-state index in [0.29, 0.717) is 29.8 Å². The van der Waals surface area contributed by atoms with Crippen LogP contribution >= 0.6 is 11.6 Å². The van der Waals surface area contributed by atoms with Crippen molar-refractivity contribution in [1.29, 1.82) is 0 Å². The quantitative estimate of drug-likeness (QED) is 0.765. The average molecular weight is 375 g/mol. The van der Waals surface area contributed by atoms with Crippen LogP contribution in [0.5, 0.6) is 0 Å². The number of hydrogen-bond donors (Lipinski definition) is 0. The van der Waals surface area contributed by atoms with Crippen LogP contribution in [-0.2, 0) is 4.79 Å². The number of rotatable bonds is 4. The van der Waals surface area contributed by atoms with E-state index in [2.05, 4.69) is 15.0 Å². The number of benzene rings is 1. The summed E-state index contributed by atoms with van der Waals surface area (Å²) in [5.41, 5.74) is 1.89. The van der Waals surface area contributed by atoms with Gasteiger partial charge in [0.25, 0.3) is 0 Å². The van der Waals surface area contributed by atoms with Gasteiger partial charge in [0.15, 0.2) is 0 Å². The Morgan fingerprint density at radius 3 is 2.46 bits per heavy atom. The molecule has 1 aliphatic rings. The van der Waals surface area contributed by atoms with Crippen LogP contribution in [0.1, 0.15) is 32.7 Å². The number of halogens is 1. The van der Waals surface area contributed by atoms with Gasteiger partial charge in [-0.1, -0.05) is 22.3 Å². The van der Waals surface area contributed by atoms with Gasteiger partial charge >= 0.3 is 0 Å². The molecule has 26 heavy (non-hydrogen) atoms. The third-order valence-corrected chi connectivity index (χ3v) is 4.74. The fourth-order valence-electron chi connectivity index (χ4n) is 2.95. The van der Waals surface area contributed by atoms with Crippen molar-refractivity contribution in [2.24, 2.45) is 0 Å². The van der Waals surface area contributed by atoms with Gasteiger partial charge in [-0.3, -0.25) is 9.69 Å². The molecule has 1 unspecified atom stereocenters. The molecule has 0 bridgehead atoms. The van der Waals surface area contributed by atoms with Crippen LogP contribution in [0.15, 0.2) is 40.4 Å². The summed E-state index contributed by atoms with van der Waals surface area (Å²) in [6.07, 6.45) is 1.69. The first-order valence-corrected chi connectivity index (χ1v) is 9.09. The van der Waals surface area contributed by atoms with E-state index in [1.165, 1.54) is 0 Å². The molecule has 0 N–H and O–H groups in total. The zero-order valence-corrected chi connectivity index (χ0v) is 16.0. The van der Waals surface area contributed by atoms with E-state index in [1.54, 1.807) is 18.2 Å². The number of amides is 1. The summed E-state index contributed by atoms with van der Waals surface area (Å²) >= 11 is 5.92. The molecule has 2 aromatic rings. The summed E-state index contributed by atoms with van der Waals surface area (Å²) in [6, 6.07) is 7.35. The first-order valence-electron chi connectivity index (χ1n) is 8.71. The molecular weight excluding hydrogens is 352 g/mol. The average Bonchev–Trinajstić information content (AvgIpc) is 3.11. The van der Waals surface area contributed by atoms with Gasteiger partial charge in [-0.05, 0) is 45.0 Å². The van der Waals surface area contributed by atoms with Gasteiger partial charge in [0, 0.05) is 42.8 Å². The van der Waals surface area contributed by atoms with Crippen molar-refractivity contribution in [1.82, 2.24) is 19.9 Å². The van der Waals surface area contributed by atoms with E-state index in [9.17, 15) is 4.79 Å². The highest BCUT2D eigenvalue weighted by atomic mass is 35.5. The first-order chi connectivity index (χ1) is 12.4. The van der Waals surface area contributed by atoms with Crippen molar-refractivity contribution < 1.29 is 9.32 Å². The van der Waals surface area contributed by atoms with Crippen molar-refractivity contribution in [2.45, 2.75) is 26.8 Å². The zero-order valence-electron chi connectivity index (χ0n) is 15.3. The van der Waals surface area contributed by atoms with Gasteiger partial charge in [-0.15, -0.1) is 0 Å². The predicted octanol–water partition coefficient (Wildman–Crippen LogP) is 3.56. The van der Waals surface area contributed by atoms with Gasteiger partial charge in [-0.25, -0.2) is 0 Å². The molecule has 0 spiro atoms. The standard InChI is InChI=1S/C19H23ClN4O2/c1-13(2)12-17(25)24-10-8-23(9-11-24)14(3)19-21-18(22-26-19)15-4-6-16(20)7-5-15/h4-7,12,14H,8-11H2,1-3H3. The highest BCUT2D eigenvalue weighted by molar-refractivity contribution is 6.30. The van der Waals surface area contributed by atoms with E-state index in [1.807, 2.05) is 37.8 Å². The number of hydrogen-bond acceptors (Lipinski definition) is 5. The van der Waals surface area contributed by atoms with Crippen molar-refractivity contribution in [3.8, 4) is 11.4 Å². The minimum atomic E-state index is 0.00394. The fraction of sp³-hybridized carbons (Fsp3) is 0.421. The van der Waals surface area contributed by atoms with Crippen LogP contribution in [-0.4, -0.2) is 52.0 Å². The molecule has 1 aliphatic heterocycles. The van der Waals surface area contributed by atoms with Crippen LogP contribution < -0.4 is 0 Å². The minimum Gasteiger partial charge on any atom is -0.337 e. The Bertz CT molecular complexity index is 788. The smallest absolute Gasteiger partial charge is 0.246 e. The summed E-state index contributed by atoms with van der Waals surface area (Å²) in [7, 11) is 0. The lowest BCUT2D eigenvalue weighted by molar-refractivity contribution is -0.128. The van der Waals surface area contributed by atoms with Crippen LogP contribution in [0, 0.1) is 0 Å². The van der Waals surface area contributed by atoms with Gasteiger partial charge in [0.2, 0.25) is 17.6 Å². The van der Waals surface area contributed by atoms with Crippen LogP contribution in [0.2, 0.25) is 5.02 Å². The second-order valence-corrected chi connectivity index (χ2v) is 7.16. The van der Waals surface area contributed by atoms with E-state index in [-0.39, 0.29) is 11.9 Å². The van der Waals surface area contributed by atoms with Gasteiger partial charge in [0.05, 0.1) is 6.04 Å². The fourth-order valence-corrected chi connectivity index (χ4v) is 3.07. The topological polar surface area (TPSA) is 62.5 Å². The maximum atomic E-state index is 12.1. The third-order valence-electron chi connectivity index (χ3n) is 4.49. The summed E-state index contributed by atoms with van der Waals surface area (Å²) < 4.78 is 5.47. The lowest BCUT2D eigenvalue weighted by atomic mass is 10.2. The molecule has 1 aromatic carbocycles. The van der Waals surface area contributed by atoms with Crippen molar-refractivity contribution in [3.05, 3.63) is 46.8 Å². The minimum absolute atomic E-state index is 0.00394. The van der Waals surface area contributed by atoms with Gasteiger partial charge in [0.1, 0.15) is 0 Å². The molecule has 1 fully saturated rings. The van der Waals surface area contributed by atoms with E-state index in [0.717, 1.165) is 24.2 Å². The van der Waals surface area contributed by atoms with Crippen LogP contribution in [0.25, 0.3) is 11.4 Å². The lowest BCUT2D eigenvalue weighted by Crippen LogP contribution is -2.48. The number of carbonyl (C=O) groups is 1. The van der Waals surface area contributed by atoms with Crippen LogP contribution in [0.4, 0.5) is 0 Å². The normalized spacial score (nSPS) is 16.4. The predicted molar refractivity (Wildman–Crippen MR) is 101 cm³/mol. The second-order valence-electron chi connectivity index (χ2n) is 6.72. The van der Waals surface area contributed by atoms with E-state index < -0.39 is 0 Å². The molecule has 6 nitrogen and oxygen atoms in total. The van der Waals surface area contributed by atoms with E-state index in [4.69, 9.17) is 16.1 Å². The Morgan fingerprint density at radius 1 is 1.19 bits per heavy atom. The first kappa shape index (κ1) is 18.6. The molecule has 1 aromatic heterocycles. The number of aromatic nitrogens is 2. The Balaban J connectivity index is 1.62. The maximum Gasteiger partial charge on any atom is 0.246 e. The largest absolute Gasteiger partial charge is 0.337 e. The lowest BCUT2D eigenvalue weighted by Gasteiger charge is -2.36. The maximum absolute atomic E-state index is 12.1. The molecule has 0 radical (unpaired) electrons. The molecule has 0 saturated carbocycles. The Kier molecular flexibility index (Phi) is 5.74. The Hall–Kier alpha value is -2.18. The van der Waals surface area contributed by atoms with Crippen LogP contribution in [0.3, 0.4) is 0 Å². The van der Waals surface area contributed by atoms with Crippen molar-refractivity contribution in [3.63, 3.8) is 0 Å². The molecule has 7 heteroatoms. The molecule has 3 rings (SSSR count). The number of carbonyl (C=O) groups excluding carboxylic acids is 1. The summed E-state index contributed by atoms with van der Waals surface area (Å²) in [5.74, 6) is 1.22. The molecule has 2 heterocycles. The monoisotopic (exact) mass is 374 g/mol. The van der Waals surface area contributed by atoms with Crippen molar-refractivity contribution in [2.75, 3.05) is 26.2 Å². The summed E-state index contributed by atoms with van der Waals surface area (Å²) in [4.78, 5) is 20.8. The molecule has 1 amide bonds. The second kappa shape index (κ2) is 8.01. The number of piperazine rings is 1. The number of nitrogens with zero attached hydrogens (tertiary/aromatic N) is 4. The molecule has 1 saturated heterocycles. The van der Waals surface area contributed by atoms with Gasteiger partial charge in [-0.2, -0.15) is 4.98 Å². The van der Waals surface area contributed by atoms with E-state index >= 15 is 0 Å². The summed E-state index contributed by atoms with van der Waals surface area (Å²) in [5, 5.41) is 4.75. The molecular formula is C19H23ClN4O2. The third kappa shape index (κ3) is 4.31. The SMILES string of the molecule is CC(C)=CC(=O)N1CCN(C(C)c2nc(-c3ccc(Cl)cc3)no2)CC1. The van der Waals surface area contributed by atoms with Crippen molar-refractivity contribution >= 4 is 17.5 Å². The van der Waals surface area contributed by atoms with Gasteiger partial charge < -0.3 is 9.42 Å². The Morgan fingerprint density at radius 2 is 1.85 bits per heavy atom. The highest BCUT2D eigenvalue weighted by Gasteiger charge is 2.27. The zero-order chi connectivity index (χ0) is 18.7. The number of allylic oxidation sites excluding steroid dienone is 1. The highest BCUT2D eigenvalue weighted by Crippen LogP contribution is 2.24. The summed E-state index contributed by atoms with van der Waals surface area (Å²) in [6.45, 7) is 8.88. The molecule has 0 aliphatic carbocycles. The molecule has 1 atom stereocenters.